The van der Waals surface area contributed by atoms with Crippen molar-refractivity contribution in [2.75, 3.05) is 7.11 Å². The number of methoxy groups -OCH3 is 1. The van der Waals surface area contributed by atoms with Gasteiger partial charge in [0.05, 0.1) is 19.4 Å². The molecule has 0 saturated heterocycles. The van der Waals surface area contributed by atoms with Crippen LogP contribution in [0.1, 0.15) is 34.1 Å². The lowest BCUT2D eigenvalue weighted by atomic mass is 9.99. The Morgan fingerprint density at radius 2 is 1.85 bits per heavy atom. The average Bonchev–Trinajstić information content (AvgIpc) is 3.37. The number of rotatable bonds is 4. The summed E-state index contributed by atoms with van der Waals surface area (Å²) < 4.78 is 11.0. The summed E-state index contributed by atoms with van der Waals surface area (Å²) in [5.41, 5.74) is 2.26. The molecule has 0 bridgehead atoms. The van der Waals surface area contributed by atoms with Crippen LogP contribution in [0, 0.1) is 0 Å². The van der Waals surface area contributed by atoms with E-state index in [-0.39, 0.29) is 11.9 Å². The number of para-hydroxylation sites is 1. The molecule has 1 aromatic heterocycles. The summed E-state index contributed by atoms with van der Waals surface area (Å²) in [6.45, 7) is 0. The Balaban J connectivity index is 1.76. The highest BCUT2D eigenvalue weighted by Gasteiger charge is 2.35. The molecular weight excluding hydrogens is 328 g/mol. The Morgan fingerprint density at radius 1 is 1.08 bits per heavy atom. The van der Waals surface area contributed by atoms with E-state index in [9.17, 15) is 4.79 Å². The summed E-state index contributed by atoms with van der Waals surface area (Å²) in [6, 6.07) is 20.3. The quantitative estimate of drug-likeness (QED) is 0.708. The number of benzene rings is 2. The Kier molecular flexibility index (Phi) is 4.27. The molecular formula is C21H18N2O3. The minimum absolute atomic E-state index is 0.150. The molecule has 0 aliphatic carbocycles. The standard InChI is InChI=1S/C21H18N2O3/c1-25-19-11-6-5-10-16(19)18-14-17(20-12-7-13-26-20)22-23(18)21(24)15-8-3-2-4-9-15/h2-13,18H,14H2,1H3/t18-/m1/s1. The molecule has 0 spiro atoms. The molecule has 2 heterocycles. The number of furan rings is 1. The number of carbonyl (C=O) groups excluding carboxylic acids is 1. The number of amides is 1. The molecule has 0 unspecified atom stereocenters. The fourth-order valence-corrected chi connectivity index (χ4v) is 3.19. The smallest absolute Gasteiger partial charge is 0.274 e. The van der Waals surface area contributed by atoms with Crippen LogP contribution in [0.4, 0.5) is 0 Å². The van der Waals surface area contributed by atoms with E-state index in [4.69, 9.17) is 9.15 Å². The molecule has 26 heavy (non-hydrogen) atoms. The number of carbonyl (C=O) groups is 1. The number of hydrazone groups is 1. The van der Waals surface area contributed by atoms with Gasteiger partial charge in [-0.1, -0.05) is 36.4 Å². The highest BCUT2D eigenvalue weighted by molar-refractivity contribution is 6.03. The third kappa shape index (κ3) is 2.88. The largest absolute Gasteiger partial charge is 0.496 e. The van der Waals surface area contributed by atoms with Crippen molar-refractivity contribution >= 4 is 11.6 Å². The molecule has 0 fully saturated rings. The van der Waals surface area contributed by atoms with E-state index < -0.39 is 0 Å². The maximum Gasteiger partial charge on any atom is 0.274 e. The van der Waals surface area contributed by atoms with Crippen LogP contribution in [0.5, 0.6) is 5.75 Å². The topological polar surface area (TPSA) is 55.0 Å². The minimum atomic E-state index is -0.251. The first kappa shape index (κ1) is 16.1. The van der Waals surface area contributed by atoms with Gasteiger partial charge in [-0.2, -0.15) is 5.10 Å². The van der Waals surface area contributed by atoms with Crippen LogP contribution in [0.2, 0.25) is 0 Å². The molecule has 0 N–H and O–H groups in total. The molecule has 3 aromatic rings. The van der Waals surface area contributed by atoms with Gasteiger partial charge < -0.3 is 9.15 Å². The van der Waals surface area contributed by atoms with Crippen molar-refractivity contribution in [3.8, 4) is 5.75 Å². The summed E-state index contributed by atoms with van der Waals surface area (Å²) in [6.07, 6.45) is 2.17. The van der Waals surface area contributed by atoms with E-state index in [1.165, 1.54) is 5.01 Å². The summed E-state index contributed by atoms with van der Waals surface area (Å²) in [7, 11) is 1.63. The molecule has 1 atom stereocenters. The first-order valence-corrected chi connectivity index (χ1v) is 8.41. The van der Waals surface area contributed by atoms with Gasteiger partial charge in [0.15, 0.2) is 0 Å². The average molecular weight is 346 g/mol. The summed E-state index contributed by atoms with van der Waals surface area (Å²) in [4.78, 5) is 13.1. The zero-order valence-corrected chi connectivity index (χ0v) is 14.3. The van der Waals surface area contributed by atoms with Crippen molar-refractivity contribution in [2.24, 2.45) is 5.10 Å². The van der Waals surface area contributed by atoms with Crippen molar-refractivity contribution in [1.82, 2.24) is 5.01 Å². The third-order valence-electron chi connectivity index (χ3n) is 4.44. The second-order valence-corrected chi connectivity index (χ2v) is 6.00. The van der Waals surface area contributed by atoms with E-state index in [1.54, 1.807) is 25.5 Å². The lowest BCUT2D eigenvalue weighted by molar-refractivity contribution is 0.0709. The predicted octanol–water partition coefficient (Wildman–Crippen LogP) is 4.28. The molecule has 4 rings (SSSR count). The Morgan fingerprint density at radius 3 is 2.58 bits per heavy atom. The maximum absolute atomic E-state index is 13.1. The fraction of sp³-hybridized carbons (Fsp3) is 0.143. The van der Waals surface area contributed by atoms with Crippen molar-refractivity contribution < 1.29 is 13.9 Å². The van der Waals surface area contributed by atoms with Gasteiger partial charge in [-0.3, -0.25) is 4.79 Å². The molecule has 5 nitrogen and oxygen atoms in total. The van der Waals surface area contributed by atoms with Gasteiger partial charge in [0, 0.05) is 17.5 Å². The Hall–Kier alpha value is -3.34. The van der Waals surface area contributed by atoms with Crippen LogP contribution in [0.15, 0.2) is 82.5 Å². The summed E-state index contributed by atoms with van der Waals surface area (Å²) >= 11 is 0. The van der Waals surface area contributed by atoms with Gasteiger partial charge in [-0.25, -0.2) is 5.01 Å². The highest BCUT2D eigenvalue weighted by atomic mass is 16.5. The van der Waals surface area contributed by atoms with Gasteiger partial charge in [-0.05, 0) is 30.3 Å². The molecule has 1 amide bonds. The van der Waals surface area contributed by atoms with Gasteiger partial charge >= 0.3 is 0 Å². The maximum atomic E-state index is 13.1. The molecule has 1 aliphatic rings. The van der Waals surface area contributed by atoms with Gasteiger partial charge in [-0.15, -0.1) is 0 Å². The molecule has 130 valence electrons. The molecule has 2 aromatic carbocycles. The van der Waals surface area contributed by atoms with Crippen molar-refractivity contribution in [3.63, 3.8) is 0 Å². The number of hydrogen-bond donors (Lipinski definition) is 0. The van der Waals surface area contributed by atoms with Gasteiger partial charge in [0.2, 0.25) is 0 Å². The second-order valence-electron chi connectivity index (χ2n) is 6.00. The molecule has 1 aliphatic heterocycles. The van der Waals surface area contributed by atoms with E-state index in [2.05, 4.69) is 5.10 Å². The number of ether oxygens (including phenoxy) is 1. The Labute approximate surface area is 151 Å². The lowest BCUT2D eigenvalue weighted by Gasteiger charge is -2.23. The van der Waals surface area contributed by atoms with Crippen LogP contribution >= 0.6 is 0 Å². The van der Waals surface area contributed by atoms with Crippen LogP contribution in [-0.2, 0) is 0 Å². The Bertz CT molecular complexity index is 933. The van der Waals surface area contributed by atoms with Crippen LogP contribution < -0.4 is 4.74 Å². The first-order valence-electron chi connectivity index (χ1n) is 8.41. The first-order chi connectivity index (χ1) is 12.8. The zero-order chi connectivity index (χ0) is 17.9. The predicted molar refractivity (Wildman–Crippen MR) is 98.2 cm³/mol. The normalized spacial score (nSPS) is 16.4. The zero-order valence-electron chi connectivity index (χ0n) is 14.3. The van der Waals surface area contributed by atoms with Crippen LogP contribution in [-0.4, -0.2) is 23.7 Å². The minimum Gasteiger partial charge on any atom is -0.496 e. The van der Waals surface area contributed by atoms with Crippen molar-refractivity contribution in [1.29, 1.82) is 0 Å². The fourth-order valence-electron chi connectivity index (χ4n) is 3.19. The van der Waals surface area contributed by atoms with Crippen molar-refractivity contribution in [2.45, 2.75) is 12.5 Å². The van der Waals surface area contributed by atoms with Crippen molar-refractivity contribution in [3.05, 3.63) is 89.9 Å². The SMILES string of the molecule is COc1ccccc1[C@H]1CC(c2ccco2)=NN1C(=O)c1ccccc1. The van der Waals surface area contributed by atoms with E-state index in [0.29, 0.717) is 17.7 Å². The lowest BCUT2D eigenvalue weighted by Crippen LogP contribution is -2.27. The molecule has 5 heteroatoms. The van der Waals surface area contributed by atoms with Gasteiger partial charge in [0.1, 0.15) is 17.2 Å². The van der Waals surface area contributed by atoms with Gasteiger partial charge in [0.25, 0.3) is 5.91 Å². The van der Waals surface area contributed by atoms with E-state index >= 15 is 0 Å². The third-order valence-corrected chi connectivity index (χ3v) is 4.44. The molecule has 0 saturated carbocycles. The second kappa shape index (κ2) is 6.88. The summed E-state index contributed by atoms with van der Waals surface area (Å²) in [5, 5.41) is 6.12. The number of hydrogen-bond acceptors (Lipinski definition) is 4. The van der Waals surface area contributed by atoms with E-state index in [1.807, 2.05) is 54.6 Å². The van der Waals surface area contributed by atoms with Crippen LogP contribution in [0.3, 0.4) is 0 Å². The monoisotopic (exact) mass is 346 g/mol. The van der Waals surface area contributed by atoms with Crippen LogP contribution in [0.25, 0.3) is 0 Å². The molecule has 0 radical (unpaired) electrons. The van der Waals surface area contributed by atoms with E-state index in [0.717, 1.165) is 17.0 Å². The highest BCUT2D eigenvalue weighted by Crippen LogP contribution is 2.38. The summed E-state index contributed by atoms with van der Waals surface area (Å²) in [5.74, 6) is 1.26. The number of nitrogens with zero attached hydrogens (tertiary/aromatic N) is 2.